The first kappa shape index (κ1) is 19.9. The first-order chi connectivity index (χ1) is 13.0. The van der Waals surface area contributed by atoms with E-state index >= 15 is 0 Å². The van der Waals surface area contributed by atoms with Gasteiger partial charge in [0.2, 0.25) is 10.0 Å². The summed E-state index contributed by atoms with van der Waals surface area (Å²) in [6.45, 7) is 0.612. The van der Waals surface area contributed by atoms with E-state index in [2.05, 4.69) is 22.6 Å². The van der Waals surface area contributed by atoms with Gasteiger partial charge in [0.25, 0.3) is 0 Å². The molecule has 6 heteroatoms. The monoisotopic (exact) mass is 493 g/mol. The van der Waals surface area contributed by atoms with Crippen LogP contribution in [0.2, 0.25) is 0 Å². The summed E-state index contributed by atoms with van der Waals surface area (Å²) in [5, 5.41) is 0. The lowest BCUT2D eigenvalue weighted by Crippen LogP contribution is -2.30. The van der Waals surface area contributed by atoms with Gasteiger partial charge in [-0.15, -0.1) is 0 Å². The Hall–Kier alpha value is -1.90. The van der Waals surface area contributed by atoms with Gasteiger partial charge in [0.15, 0.2) is 0 Å². The normalized spacial score (nSPS) is 11.5. The molecule has 3 aromatic rings. The average molecular weight is 493 g/mol. The van der Waals surface area contributed by atoms with Crippen molar-refractivity contribution in [1.82, 2.24) is 4.31 Å². The molecule has 3 rings (SSSR count). The van der Waals surface area contributed by atoms with E-state index < -0.39 is 10.0 Å². The minimum Gasteiger partial charge on any atom is -0.496 e. The zero-order valence-corrected chi connectivity index (χ0v) is 17.9. The lowest BCUT2D eigenvalue weighted by atomic mass is 10.2. The number of sulfonamides is 1. The van der Waals surface area contributed by atoms with Gasteiger partial charge >= 0.3 is 0 Å². The fraction of sp³-hybridized carbons (Fsp3) is 0.143. The van der Waals surface area contributed by atoms with Crippen molar-refractivity contribution in [2.45, 2.75) is 18.0 Å². The van der Waals surface area contributed by atoms with Crippen molar-refractivity contribution >= 4 is 32.6 Å². The van der Waals surface area contributed by atoms with Crippen molar-refractivity contribution < 1.29 is 13.2 Å². The van der Waals surface area contributed by atoms with Crippen LogP contribution in [0.1, 0.15) is 11.1 Å². The number of halogens is 1. The highest BCUT2D eigenvalue weighted by Crippen LogP contribution is 2.27. The summed E-state index contributed by atoms with van der Waals surface area (Å²) >= 11 is 2.09. The fourth-order valence-electron chi connectivity index (χ4n) is 2.76. The van der Waals surface area contributed by atoms with Gasteiger partial charge in [-0.3, -0.25) is 0 Å². The van der Waals surface area contributed by atoms with E-state index in [4.69, 9.17) is 4.74 Å². The van der Waals surface area contributed by atoms with Gasteiger partial charge in [-0.25, -0.2) is 8.42 Å². The molecule has 0 N–H and O–H groups in total. The molecule has 140 valence electrons. The minimum atomic E-state index is -3.67. The minimum absolute atomic E-state index is 0.263. The van der Waals surface area contributed by atoms with Crippen LogP contribution < -0.4 is 4.74 Å². The van der Waals surface area contributed by atoms with Gasteiger partial charge < -0.3 is 4.74 Å². The summed E-state index contributed by atoms with van der Waals surface area (Å²) in [4.78, 5) is 0.263. The highest BCUT2D eigenvalue weighted by Gasteiger charge is 2.25. The smallest absolute Gasteiger partial charge is 0.243 e. The standard InChI is InChI=1S/C21H20INO3S/c1-26-21-13-12-19(14-20(21)22)27(24,25)23(15-17-8-4-2-5-9-17)16-18-10-6-3-7-11-18/h2-14H,15-16H2,1H3. The Balaban J connectivity index is 1.98. The maximum absolute atomic E-state index is 13.4. The van der Waals surface area contributed by atoms with Gasteiger partial charge in [0.1, 0.15) is 5.75 Å². The number of methoxy groups -OCH3 is 1. The van der Waals surface area contributed by atoms with Crippen LogP contribution in [-0.4, -0.2) is 19.8 Å². The molecule has 0 aliphatic heterocycles. The zero-order valence-electron chi connectivity index (χ0n) is 14.9. The number of hydrogen-bond donors (Lipinski definition) is 0. The second-order valence-corrected chi connectivity index (χ2v) is 9.14. The molecule has 0 aromatic heterocycles. The molecule has 0 aliphatic rings. The molecule has 0 amide bonds. The molecule has 0 spiro atoms. The van der Waals surface area contributed by atoms with E-state index in [1.807, 2.05) is 60.7 Å². The molecule has 0 saturated heterocycles. The lowest BCUT2D eigenvalue weighted by Gasteiger charge is -2.23. The SMILES string of the molecule is COc1ccc(S(=O)(=O)N(Cc2ccccc2)Cc2ccccc2)cc1I. The predicted molar refractivity (Wildman–Crippen MR) is 115 cm³/mol. The predicted octanol–water partition coefficient (Wildman–Crippen LogP) is 4.69. The molecular formula is C21H20INO3S. The van der Waals surface area contributed by atoms with Crippen LogP contribution in [0.15, 0.2) is 83.8 Å². The zero-order chi connectivity index (χ0) is 19.3. The Morgan fingerprint density at radius 2 is 1.37 bits per heavy atom. The van der Waals surface area contributed by atoms with Crippen molar-refractivity contribution in [1.29, 1.82) is 0 Å². The summed E-state index contributed by atoms with van der Waals surface area (Å²) in [6, 6.07) is 24.2. The van der Waals surface area contributed by atoms with E-state index in [-0.39, 0.29) is 4.90 Å². The largest absolute Gasteiger partial charge is 0.496 e. The lowest BCUT2D eigenvalue weighted by molar-refractivity contribution is 0.400. The van der Waals surface area contributed by atoms with Crippen LogP contribution in [-0.2, 0) is 23.1 Å². The van der Waals surface area contributed by atoms with Crippen LogP contribution >= 0.6 is 22.6 Å². The van der Waals surface area contributed by atoms with Crippen molar-refractivity contribution in [3.05, 3.63) is 93.6 Å². The second-order valence-electron chi connectivity index (χ2n) is 6.04. The Bertz CT molecular complexity index is 951. The van der Waals surface area contributed by atoms with Crippen LogP contribution in [0.3, 0.4) is 0 Å². The van der Waals surface area contributed by atoms with Gasteiger partial charge in [0, 0.05) is 13.1 Å². The van der Waals surface area contributed by atoms with Gasteiger partial charge in [-0.2, -0.15) is 4.31 Å². The summed E-state index contributed by atoms with van der Waals surface area (Å²) < 4.78 is 34.3. The van der Waals surface area contributed by atoms with E-state index in [9.17, 15) is 8.42 Å². The Morgan fingerprint density at radius 1 is 0.852 bits per heavy atom. The summed E-state index contributed by atoms with van der Waals surface area (Å²) in [7, 11) is -2.10. The molecule has 0 saturated carbocycles. The molecule has 0 fully saturated rings. The van der Waals surface area contributed by atoms with Gasteiger partial charge in [-0.05, 0) is 51.9 Å². The quantitative estimate of drug-likeness (QED) is 0.449. The number of nitrogens with zero attached hydrogens (tertiary/aromatic N) is 1. The second kappa shape index (κ2) is 8.86. The average Bonchev–Trinajstić information content (AvgIpc) is 2.69. The Labute approximate surface area is 174 Å². The number of rotatable bonds is 7. The van der Waals surface area contributed by atoms with E-state index in [1.54, 1.807) is 25.3 Å². The molecule has 0 unspecified atom stereocenters. The number of hydrogen-bond acceptors (Lipinski definition) is 3. The molecular weight excluding hydrogens is 473 g/mol. The summed E-state index contributed by atoms with van der Waals surface area (Å²) in [6.07, 6.45) is 0. The molecule has 0 atom stereocenters. The van der Waals surface area contributed by atoms with Gasteiger partial charge in [-0.1, -0.05) is 60.7 Å². The fourth-order valence-corrected chi connectivity index (χ4v) is 5.15. The Morgan fingerprint density at radius 3 is 1.81 bits per heavy atom. The van der Waals surface area contributed by atoms with E-state index in [0.717, 1.165) is 14.7 Å². The maximum atomic E-state index is 13.4. The highest BCUT2D eigenvalue weighted by atomic mass is 127. The topological polar surface area (TPSA) is 46.6 Å². The Kier molecular flexibility index (Phi) is 6.51. The first-order valence-corrected chi connectivity index (χ1v) is 10.9. The third-order valence-electron chi connectivity index (χ3n) is 4.16. The third-order valence-corrected chi connectivity index (χ3v) is 6.80. The van der Waals surface area contributed by atoms with Crippen LogP contribution in [0.4, 0.5) is 0 Å². The van der Waals surface area contributed by atoms with Gasteiger partial charge in [0.05, 0.1) is 15.6 Å². The van der Waals surface area contributed by atoms with Crippen LogP contribution in [0.5, 0.6) is 5.75 Å². The van der Waals surface area contributed by atoms with Crippen molar-refractivity contribution in [3.63, 3.8) is 0 Å². The third kappa shape index (κ3) is 4.88. The molecule has 0 aliphatic carbocycles. The van der Waals surface area contributed by atoms with Crippen molar-refractivity contribution in [3.8, 4) is 5.75 Å². The maximum Gasteiger partial charge on any atom is 0.243 e. The number of benzene rings is 3. The van der Waals surface area contributed by atoms with Crippen molar-refractivity contribution in [2.75, 3.05) is 7.11 Å². The highest BCUT2D eigenvalue weighted by molar-refractivity contribution is 14.1. The van der Waals surface area contributed by atoms with E-state index in [1.165, 1.54) is 4.31 Å². The molecule has 0 bridgehead atoms. The molecule has 4 nitrogen and oxygen atoms in total. The number of ether oxygens (including phenoxy) is 1. The summed E-state index contributed by atoms with van der Waals surface area (Å²) in [5.41, 5.74) is 1.89. The molecule has 3 aromatic carbocycles. The van der Waals surface area contributed by atoms with E-state index in [0.29, 0.717) is 18.8 Å². The van der Waals surface area contributed by atoms with Crippen LogP contribution in [0, 0.1) is 3.57 Å². The molecule has 0 radical (unpaired) electrons. The molecule has 27 heavy (non-hydrogen) atoms. The van der Waals surface area contributed by atoms with Crippen LogP contribution in [0.25, 0.3) is 0 Å². The van der Waals surface area contributed by atoms with Crippen molar-refractivity contribution in [2.24, 2.45) is 0 Å². The summed E-state index contributed by atoms with van der Waals surface area (Å²) in [5.74, 6) is 0.659. The molecule has 0 heterocycles. The first-order valence-electron chi connectivity index (χ1n) is 8.42.